The van der Waals surface area contributed by atoms with Crippen molar-refractivity contribution in [2.75, 3.05) is 7.11 Å². The number of esters is 1. The molecule has 3 aromatic carbocycles. The number of hydrogen-bond acceptors (Lipinski definition) is 4. The quantitative estimate of drug-likeness (QED) is 0.313. The van der Waals surface area contributed by atoms with E-state index in [9.17, 15) is 14.4 Å². The molecule has 0 spiro atoms. The maximum absolute atomic E-state index is 12.7. The Kier molecular flexibility index (Phi) is 9.97. The fourth-order valence-corrected chi connectivity index (χ4v) is 3.88. The molecule has 0 fully saturated rings. The Morgan fingerprint density at radius 3 is 1.73 bits per heavy atom. The van der Waals surface area contributed by atoms with E-state index in [-0.39, 0.29) is 12.3 Å². The molecule has 6 nitrogen and oxygen atoms in total. The molecule has 2 amide bonds. The molecule has 3 rings (SSSR count). The minimum atomic E-state index is -0.941. The van der Waals surface area contributed by atoms with Crippen LogP contribution in [0.1, 0.15) is 41.7 Å². The Hall–Kier alpha value is -4.45. The van der Waals surface area contributed by atoms with E-state index in [2.05, 4.69) is 10.6 Å². The van der Waals surface area contributed by atoms with E-state index < -0.39 is 24.0 Å². The molecular formula is C31H32N2O4. The van der Waals surface area contributed by atoms with Crippen LogP contribution >= 0.6 is 0 Å². The second kappa shape index (κ2) is 13.6. The molecule has 190 valence electrons. The van der Waals surface area contributed by atoms with Gasteiger partial charge >= 0.3 is 5.97 Å². The topological polar surface area (TPSA) is 84.5 Å². The summed E-state index contributed by atoms with van der Waals surface area (Å²) in [6, 6.07) is 24.0. The van der Waals surface area contributed by atoms with Crippen LogP contribution in [-0.2, 0) is 25.5 Å². The van der Waals surface area contributed by atoms with E-state index in [0.29, 0.717) is 0 Å². The van der Waals surface area contributed by atoms with Crippen molar-refractivity contribution in [3.8, 4) is 0 Å². The zero-order chi connectivity index (χ0) is 26.6. The van der Waals surface area contributed by atoms with Crippen molar-refractivity contribution < 1.29 is 19.1 Å². The number of carbonyl (C=O) groups excluding carboxylic acids is 3. The molecule has 0 aromatic heterocycles. The lowest BCUT2D eigenvalue weighted by atomic mass is 9.93. The van der Waals surface area contributed by atoms with E-state index in [1.165, 1.54) is 14.0 Å². The summed E-state index contributed by atoms with van der Waals surface area (Å²) in [6.07, 6.45) is 8.22. The molecule has 0 unspecified atom stereocenters. The molecule has 0 bridgehead atoms. The molecule has 0 aliphatic carbocycles. The molecular weight excluding hydrogens is 464 g/mol. The van der Waals surface area contributed by atoms with Crippen LogP contribution in [0.25, 0.3) is 24.3 Å². The Morgan fingerprint density at radius 1 is 0.757 bits per heavy atom. The van der Waals surface area contributed by atoms with Crippen LogP contribution in [-0.4, -0.2) is 37.0 Å². The fraction of sp³-hybridized carbons (Fsp3) is 0.194. The summed E-state index contributed by atoms with van der Waals surface area (Å²) in [4.78, 5) is 36.8. The van der Waals surface area contributed by atoms with Crippen molar-refractivity contribution in [2.45, 2.75) is 32.4 Å². The van der Waals surface area contributed by atoms with Crippen molar-refractivity contribution in [1.29, 1.82) is 0 Å². The number of ether oxygens (including phenoxy) is 1. The first-order chi connectivity index (χ1) is 17.9. The summed E-state index contributed by atoms with van der Waals surface area (Å²) < 4.78 is 5.01. The van der Waals surface area contributed by atoms with Crippen molar-refractivity contribution in [1.82, 2.24) is 10.6 Å². The number of benzene rings is 3. The fourth-order valence-electron chi connectivity index (χ4n) is 3.88. The van der Waals surface area contributed by atoms with Gasteiger partial charge in [-0.2, -0.15) is 0 Å². The second-order valence-corrected chi connectivity index (χ2v) is 8.61. The van der Waals surface area contributed by atoms with Gasteiger partial charge in [-0.15, -0.1) is 0 Å². The summed E-state index contributed by atoms with van der Waals surface area (Å²) in [6.45, 7) is 2.90. The van der Waals surface area contributed by atoms with Crippen molar-refractivity contribution >= 4 is 42.1 Å². The molecule has 0 heterocycles. The predicted molar refractivity (Wildman–Crippen MR) is 148 cm³/mol. The lowest BCUT2D eigenvalue weighted by molar-refractivity contribution is -0.145. The second-order valence-electron chi connectivity index (χ2n) is 8.61. The highest BCUT2D eigenvalue weighted by molar-refractivity contribution is 5.90. The highest BCUT2D eigenvalue weighted by Gasteiger charge is 2.26. The maximum atomic E-state index is 12.7. The SMILES string of the molecule is COC(=O)[C@H](Cc1c(/C=C/c2ccccc2)cccc1/C=C/c1ccccc1)NC(=O)[C@H](C)NC(C)=O. The smallest absolute Gasteiger partial charge is 0.328 e. The molecule has 6 heteroatoms. The first-order valence-electron chi connectivity index (χ1n) is 12.1. The summed E-state index contributed by atoms with van der Waals surface area (Å²) in [7, 11) is 1.29. The predicted octanol–water partition coefficient (Wildman–Crippen LogP) is 4.75. The third-order valence-electron chi connectivity index (χ3n) is 5.78. The average molecular weight is 497 g/mol. The van der Waals surface area contributed by atoms with Gasteiger partial charge in [0.1, 0.15) is 12.1 Å². The highest BCUT2D eigenvalue weighted by atomic mass is 16.5. The standard InChI is InChI=1S/C31H32N2O4/c1-22(32-23(2)34)30(35)33-29(31(36)37-3)21-28-26(19-17-24-11-6-4-7-12-24)15-10-16-27(28)20-18-25-13-8-5-9-14-25/h4-20,22,29H,21H2,1-3H3,(H,32,34)(H,33,35)/b19-17+,20-18+/t22-,29-/m0/s1. The number of carbonyl (C=O) groups is 3. The molecule has 3 aromatic rings. The third kappa shape index (κ3) is 8.32. The Balaban J connectivity index is 1.99. The largest absolute Gasteiger partial charge is 0.467 e. The number of hydrogen-bond donors (Lipinski definition) is 2. The third-order valence-corrected chi connectivity index (χ3v) is 5.78. The number of nitrogens with one attached hydrogen (secondary N) is 2. The Morgan fingerprint density at radius 2 is 1.27 bits per heavy atom. The van der Waals surface area contributed by atoms with Gasteiger partial charge in [0.25, 0.3) is 0 Å². The van der Waals surface area contributed by atoms with E-state index in [1.54, 1.807) is 6.92 Å². The molecule has 2 atom stereocenters. The van der Waals surface area contributed by atoms with Crippen molar-refractivity contribution in [3.05, 3.63) is 107 Å². The van der Waals surface area contributed by atoms with Crippen molar-refractivity contribution in [3.63, 3.8) is 0 Å². The normalized spacial score (nSPS) is 12.7. The molecule has 0 aliphatic heterocycles. The van der Waals surface area contributed by atoms with Gasteiger partial charge in [-0.25, -0.2) is 4.79 Å². The van der Waals surface area contributed by atoms with Gasteiger partial charge in [-0.05, 0) is 34.7 Å². The molecule has 2 N–H and O–H groups in total. The molecule has 0 radical (unpaired) electrons. The van der Waals surface area contributed by atoms with E-state index in [4.69, 9.17) is 4.74 Å². The minimum Gasteiger partial charge on any atom is -0.467 e. The summed E-state index contributed by atoms with van der Waals surface area (Å²) in [5.74, 6) is -1.37. The van der Waals surface area contributed by atoms with Crippen LogP contribution in [0.3, 0.4) is 0 Å². The Labute approximate surface area is 218 Å². The highest BCUT2D eigenvalue weighted by Crippen LogP contribution is 2.23. The van der Waals surface area contributed by atoms with Crippen LogP contribution in [0, 0.1) is 0 Å². The van der Waals surface area contributed by atoms with Gasteiger partial charge in [-0.3, -0.25) is 9.59 Å². The van der Waals surface area contributed by atoms with Crippen LogP contribution in [0.4, 0.5) is 0 Å². The van der Waals surface area contributed by atoms with Gasteiger partial charge in [0.2, 0.25) is 11.8 Å². The lowest BCUT2D eigenvalue weighted by Crippen LogP contribution is -2.51. The van der Waals surface area contributed by atoms with Crippen LogP contribution in [0.15, 0.2) is 78.9 Å². The number of rotatable bonds is 10. The summed E-state index contributed by atoms with van der Waals surface area (Å²) >= 11 is 0. The van der Waals surface area contributed by atoms with E-state index in [0.717, 1.165) is 27.8 Å². The van der Waals surface area contributed by atoms with Gasteiger partial charge < -0.3 is 15.4 Å². The zero-order valence-corrected chi connectivity index (χ0v) is 21.3. The first kappa shape index (κ1) is 27.1. The zero-order valence-electron chi connectivity index (χ0n) is 21.3. The van der Waals surface area contributed by atoms with Gasteiger partial charge in [-0.1, -0.05) is 103 Å². The van der Waals surface area contributed by atoms with Gasteiger partial charge in [0, 0.05) is 13.3 Å². The summed E-state index contributed by atoms with van der Waals surface area (Å²) in [5, 5.41) is 5.29. The number of methoxy groups -OCH3 is 1. The minimum absolute atomic E-state index is 0.203. The molecule has 0 saturated carbocycles. The first-order valence-corrected chi connectivity index (χ1v) is 12.1. The molecule has 0 aliphatic rings. The number of amides is 2. The lowest BCUT2D eigenvalue weighted by Gasteiger charge is -2.21. The van der Waals surface area contributed by atoms with Crippen LogP contribution < -0.4 is 10.6 Å². The van der Waals surface area contributed by atoms with Crippen molar-refractivity contribution in [2.24, 2.45) is 0 Å². The molecule has 37 heavy (non-hydrogen) atoms. The van der Waals surface area contributed by atoms with Crippen LogP contribution in [0.2, 0.25) is 0 Å². The van der Waals surface area contributed by atoms with Crippen LogP contribution in [0.5, 0.6) is 0 Å². The van der Waals surface area contributed by atoms with Gasteiger partial charge in [0.15, 0.2) is 0 Å². The average Bonchev–Trinajstić information content (AvgIpc) is 2.91. The van der Waals surface area contributed by atoms with E-state index >= 15 is 0 Å². The molecule has 0 saturated heterocycles. The van der Waals surface area contributed by atoms with Gasteiger partial charge in [0.05, 0.1) is 7.11 Å². The Bertz CT molecular complexity index is 1200. The summed E-state index contributed by atoms with van der Waals surface area (Å²) in [5.41, 5.74) is 4.79. The maximum Gasteiger partial charge on any atom is 0.328 e. The van der Waals surface area contributed by atoms with E-state index in [1.807, 2.05) is 103 Å². The monoisotopic (exact) mass is 496 g/mol.